The maximum Gasteiger partial charge on any atom is 0.262 e. The molecule has 0 atom stereocenters. The molecule has 0 heterocycles. The second-order valence-electron chi connectivity index (χ2n) is 5.80. The van der Waals surface area contributed by atoms with E-state index in [1.807, 2.05) is 54.6 Å². The van der Waals surface area contributed by atoms with Crippen molar-refractivity contribution in [1.29, 1.82) is 0 Å². The minimum absolute atomic E-state index is 0.201. The number of amides is 1. The van der Waals surface area contributed by atoms with E-state index in [0.29, 0.717) is 29.0 Å². The quantitative estimate of drug-likeness (QED) is 0.641. The first-order valence-corrected chi connectivity index (χ1v) is 8.41. The van der Waals surface area contributed by atoms with Crippen molar-refractivity contribution in [3.63, 3.8) is 0 Å². The number of carbonyl (C=O) groups excluding carboxylic acids is 2. The highest BCUT2D eigenvalue weighted by molar-refractivity contribution is 5.92. The van der Waals surface area contributed by atoms with Gasteiger partial charge in [-0.05, 0) is 41.5 Å². The molecule has 0 aliphatic heterocycles. The summed E-state index contributed by atoms with van der Waals surface area (Å²) in [6.07, 6.45) is 0.665. The zero-order chi connectivity index (χ0) is 19.1. The molecule has 3 rings (SSSR count). The molecule has 0 saturated carbocycles. The van der Waals surface area contributed by atoms with Crippen LogP contribution in [0.15, 0.2) is 72.8 Å². The fourth-order valence-electron chi connectivity index (χ4n) is 2.59. The molecular formula is C22H19NO4. The Labute approximate surface area is 157 Å². The average molecular weight is 361 g/mol. The van der Waals surface area contributed by atoms with Crippen LogP contribution in [-0.2, 0) is 4.79 Å². The van der Waals surface area contributed by atoms with Crippen LogP contribution < -0.4 is 14.8 Å². The number of anilines is 1. The number of hydrogen-bond acceptors (Lipinski definition) is 4. The summed E-state index contributed by atoms with van der Waals surface area (Å²) >= 11 is 0. The Morgan fingerprint density at radius 3 is 2.33 bits per heavy atom. The van der Waals surface area contributed by atoms with Gasteiger partial charge in [-0.3, -0.25) is 9.59 Å². The SMILES string of the molecule is COc1ccc(OCC(=O)Nc2ccc(-c3ccccc3)cc2)c(C=O)c1. The van der Waals surface area contributed by atoms with Gasteiger partial charge < -0.3 is 14.8 Å². The molecule has 0 bridgehead atoms. The fraction of sp³-hybridized carbons (Fsp3) is 0.0909. The summed E-state index contributed by atoms with van der Waals surface area (Å²) < 4.78 is 10.5. The van der Waals surface area contributed by atoms with E-state index in [9.17, 15) is 9.59 Å². The number of nitrogens with one attached hydrogen (secondary N) is 1. The van der Waals surface area contributed by atoms with Gasteiger partial charge in [0.15, 0.2) is 12.9 Å². The summed E-state index contributed by atoms with van der Waals surface area (Å²) in [6.45, 7) is -0.201. The smallest absolute Gasteiger partial charge is 0.262 e. The lowest BCUT2D eigenvalue weighted by atomic mass is 10.1. The van der Waals surface area contributed by atoms with Crippen molar-refractivity contribution < 1.29 is 19.1 Å². The first-order valence-electron chi connectivity index (χ1n) is 8.41. The Morgan fingerprint density at radius 2 is 1.67 bits per heavy atom. The molecule has 27 heavy (non-hydrogen) atoms. The molecule has 0 aliphatic rings. The van der Waals surface area contributed by atoms with E-state index in [-0.39, 0.29) is 12.5 Å². The predicted molar refractivity (Wildman–Crippen MR) is 104 cm³/mol. The summed E-state index contributed by atoms with van der Waals surface area (Å²) in [6, 6.07) is 22.4. The molecule has 0 saturated heterocycles. The molecule has 5 nitrogen and oxygen atoms in total. The number of hydrogen-bond donors (Lipinski definition) is 1. The normalized spacial score (nSPS) is 10.1. The highest BCUT2D eigenvalue weighted by atomic mass is 16.5. The maximum atomic E-state index is 12.1. The lowest BCUT2D eigenvalue weighted by Gasteiger charge is -2.10. The van der Waals surface area contributed by atoms with Gasteiger partial charge in [0, 0.05) is 5.69 Å². The minimum Gasteiger partial charge on any atom is -0.497 e. The predicted octanol–water partition coefficient (Wildman–Crippen LogP) is 4.19. The van der Waals surface area contributed by atoms with Crippen LogP contribution in [0.2, 0.25) is 0 Å². The van der Waals surface area contributed by atoms with E-state index >= 15 is 0 Å². The van der Waals surface area contributed by atoms with Gasteiger partial charge in [0.05, 0.1) is 12.7 Å². The highest BCUT2D eigenvalue weighted by Crippen LogP contribution is 2.23. The van der Waals surface area contributed by atoms with Crippen LogP contribution >= 0.6 is 0 Å². The number of benzene rings is 3. The van der Waals surface area contributed by atoms with Crippen LogP contribution in [0, 0.1) is 0 Å². The van der Waals surface area contributed by atoms with Crippen LogP contribution in [0.1, 0.15) is 10.4 Å². The number of ether oxygens (including phenoxy) is 2. The van der Waals surface area contributed by atoms with Gasteiger partial charge in [-0.1, -0.05) is 42.5 Å². The van der Waals surface area contributed by atoms with Gasteiger partial charge >= 0.3 is 0 Å². The number of carbonyl (C=O) groups is 2. The van der Waals surface area contributed by atoms with E-state index in [1.165, 1.54) is 7.11 Å². The first kappa shape index (κ1) is 18.2. The Morgan fingerprint density at radius 1 is 0.963 bits per heavy atom. The molecule has 0 fully saturated rings. The molecule has 0 aromatic heterocycles. The second kappa shape index (κ2) is 8.67. The van der Waals surface area contributed by atoms with Crippen molar-refractivity contribution >= 4 is 17.9 Å². The number of methoxy groups -OCH3 is 1. The summed E-state index contributed by atoms with van der Waals surface area (Å²) in [5.41, 5.74) is 3.18. The lowest BCUT2D eigenvalue weighted by Crippen LogP contribution is -2.20. The summed E-state index contributed by atoms with van der Waals surface area (Å²) in [4.78, 5) is 23.3. The third-order valence-corrected chi connectivity index (χ3v) is 3.98. The largest absolute Gasteiger partial charge is 0.497 e. The van der Waals surface area contributed by atoms with Gasteiger partial charge in [0.25, 0.3) is 5.91 Å². The molecule has 1 N–H and O–H groups in total. The van der Waals surface area contributed by atoms with Crippen LogP contribution in [0.4, 0.5) is 5.69 Å². The molecule has 3 aromatic rings. The zero-order valence-electron chi connectivity index (χ0n) is 14.8. The van der Waals surface area contributed by atoms with Gasteiger partial charge in [0.1, 0.15) is 11.5 Å². The van der Waals surface area contributed by atoms with E-state index in [0.717, 1.165) is 11.1 Å². The molecule has 0 spiro atoms. The van der Waals surface area contributed by atoms with Gasteiger partial charge in [-0.2, -0.15) is 0 Å². The van der Waals surface area contributed by atoms with E-state index in [2.05, 4.69) is 5.32 Å². The molecule has 5 heteroatoms. The minimum atomic E-state index is -0.310. The molecular weight excluding hydrogens is 342 g/mol. The van der Waals surface area contributed by atoms with Crippen LogP contribution in [0.25, 0.3) is 11.1 Å². The van der Waals surface area contributed by atoms with Crippen LogP contribution in [0.5, 0.6) is 11.5 Å². The average Bonchev–Trinajstić information content (AvgIpc) is 2.73. The summed E-state index contributed by atoms with van der Waals surface area (Å²) in [7, 11) is 1.51. The van der Waals surface area contributed by atoms with E-state index in [4.69, 9.17) is 9.47 Å². The molecule has 3 aromatic carbocycles. The Hall–Kier alpha value is -3.60. The molecule has 0 unspecified atom stereocenters. The Bertz CT molecular complexity index is 921. The summed E-state index contributed by atoms with van der Waals surface area (Å²) in [5, 5.41) is 2.77. The van der Waals surface area contributed by atoms with Crippen molar-refractivity contribution in [2.24, 2.45) is 0 Å². The lowest BCUT2D eigenvalue weighted by molar-refractivity contribution is -0.118. The highest BCUT2D eigenvalue weighted by Gasteiger charge is 2.09. The summed E-state index contributed by atoms with van der Waals surface area (Å²) in [5.74, 6) is 0.572. The van der Waals surface area contributed by atoms with Crippen LogP contribution in [0.3, 0.4) is 0 Å². The van der Waals surface area contributed by atoms with Crippen molar-refractivity contribution in [1.82, 2.24) is 0 Å². The van der Waals surface area contributed by atoms with E-state index in [1.54, 1.807) is 18.2 Å². The van der Waals surface area contributed by atoms with Gasteiger partial charge in [-0.25, -0.2) is 0 Å². The Kier molecular flexibility index (Phi) is 5.84. The van der Waals surface area contributed by atoms with Gasteiger partial charge in [0.2, 0.25) is 0 Å². The first-order chi connectivity index (χ1) is 13.2. The fourth-order valence-corrected chi connectivity index (χ4v) is 2.59. The monoisotopic (exact) mass is 361 g/mol. The molecule has 1 amide bonds. The van der Waals surface area contributed by atoms with Gasteiger partial charge in [-0.15, -0.1) is 0 Å². The van der Waals surface area contributed by atoms with Crippen LogP contribution in [-0.4, -0.2) is 25.9 Å². The molecule has 136 valence electrons. The Balaban J connectivity index is 1.59. The van der Waals surface area contributed by atoms with E-state index < -0.39 is 0 Å². The standard InChI is InChI=1S/C22H19NO4/c1-26-20-11-12-21(18(13-20)14-24)27-15-22(25)23-19-9-7-17(8-10-19)16-5-3-2-4-6-16/h2-14H,15H2,1H3,(H,23,25). The third-order valence-electron chi connectivity index (χ3n) is 3.98. The zero-order valence-corrected chi connectivity index (χ0v) is 14.8. The maximum absolute atomic E-state index is 12.1. The number of aldehydes is 1. The van der Waals surface area contributed by atoms with Crippen molar-refractivity contribution in [2.75, 3.05) is 19.0 Å². The van der Waals surface area contributed by atoms with Crippen molar-refractivity contribution in [3.05, 3.63) is 78.4 Å². The van der Waals surface area contributed by atoms with Crippen molar-refractivity contribution in [3.8, 4) is 22.6 Å². The third kappa shape index (κ3) is 4.73. The van der Waals surface area contributed by atoms with Crippen molar-refractivity contribution in [2.45, 2.75) is 0 Å². The molecule has 0 aliphatic carbocycles. The molecule has 0 radical (unpaired) electrons. The second-order valence-corrected chi connectivity index (χ2v) is 5.80. The topological polar surface area (TPSA) is 64.6 Å². The number of rotatable bonds is 7.